The second kappa shape index (κ2) is 7.74. The van der Waals surface area contributed by atoms with E-state index in [1.54, 1.807) is 13.2 Å². The van der Waals surface area contributed by atoms with E-state index in [0.29, 0.717) is 17.9 Å². The van der Waals surface area contributed by atoms with Crippen molar-refractivity contribution in [2.24, 2.45) is 0 Å². The van der Waals surface area contributed by atoms with Gasteiger partial charge in [0.05, 0.1) is 18.7 Å². The van der Waals surface area contributed by atoms with Crippen LogP contribution in [0.1, 0.15) is 46.3 Å². The summed E-state index contributed by atoms with van der Waals surface area (Å²) in [6, 6.07) is 9.95. The maximum absolute atomic E-state index is 12.6. The van der Waals surface area contributed by atoms with Gasteiger partial charge in [-0.1, -0.05) is 18.2 Å². The first-order valence-electron chi connectivity index (χ1n) is 8.82. The lowest BCUT2D eigenvalue weighted by Gasteiger charge is -2.29. The molecule has 1 fully saturated rings. The fourth-order valence-corrected chi connectivity index (χ4v) is 3.57. The van der Waals surface area contributed by atoms with Gasteiger partial charge >= 0.3 is 0 Å². The van der Waals surface area contributed by atoms with Crippen molar-refractivity contribution in [1.29, 1.82) is 0 Å². The number of ether oxygens (including phenoxy) is 1. The molecule has 3 rings (SSSR count). The Labute approximate surface area is 149 Å². The minimum absolute atomic E-state index is 0.0894. The van der Waals surface area contributed by atoms with Crippen LogP contribution in [0.4, 0.5) is 0 Å². The smallest absolute Gasteiger partial charge is 0.254 e. The highest BCUT2D eigenvalue weighted by molar-refractivity contribution is 5.95. The van der Waals surface area contributed by atoms with Crippen molar-refractivity contribution >= 4 is 5.91 Å². The molecule has 1 saturated heterocycles. The molecular formula is C20H26N2O3. The zero-order valence-corrected chi connectivity index (χ0v) is 15.2. The van der Waals surface area contributed by atoms with Gasteiger partial charge in [0.15, 0.2) is 0 Å². The van der Waals surface area contributed by atoms with E-state index in [9.17, 15) is 4.79 Å². The van der Waals surface area contributed by atoms with Crippen molar-refractivity contribution in [2.45, 2.75) is 32.7 Å². The molecule has 25 heavy (non-hydrogen) atoms. The van der Waals surface area contributed by atoms with Gasteiger partial charge in [0.25, 0.3) is 5.91 Å². The molecule has 1 amide bonds. The van der Waals surface area contributed by atoms with Crippen LogP contribution in [0.25, 0.3) is 0 Å². The number of aryl methyl sites for hydroxylation is 2. The fourth-order valence-electron chi connectivity index (χ4n) is 3.57. The monoisotopic (exact) mass is 342 g/mol. The lowest BCUT2D eigenvalue weighted by atomic mass is 10.0. The molecule has 0 saturated carbocycles. The standard InChI is InChI=1S/C20H26N2O3/c1-14-12-17(15(2)25-14)20(23)21-13-18(22-10-6-7-11-22)16-8-4-5-9-19(16)24-3/h4-5,8-9,12,18H,6-7,10-11,13H2,1-3H3,(H,21,23). The number of hydrogen-bond acceptors (Lipinski definition) is 4. The predicted molar refractivity (Wildman–Crippen MR) is 97.1 cm³/mol. The number of furan rings is 1. The summed E-state index contributed by atoms with van der Waals surface area (Å²) >= 11 is 0. The Kier molecular flexibility index (Phi) is 5.43. The highest BCUT2D eigenvalue weighted by Gasteiger charge is 2.26. The molecule has 2 aromatic rings. The number of methoxy groups -OCH3 is 1. The van der Waals surface area contributed by atoms with Gasteiger partial charge in [-0.3, -0.25) is 9.69 Å². The third kappa shape index (κ3) is 3.87. The molecule has 1 atom stereocenters. The topological polar surface area (TPSA) is 54.7 Å². The first-order valence-corrected chi connectivity index (χ1v) is 8.82. The summed E-state index contributed by atoms with van der Waals surface area (Å²) < 4.78 is 11.0. The van der Waals surface area contributed by atoms with Gasteiger partial charge < -0.3 is 14.5 Å². The number of para-hydroxylation sites is 1. The van der Waals surface area contributed by atoms with Crippen LogP contribution < -0.4 is 10.1 Å². The molecule has 1 N–H and O–H groups in total. The second-order valence-corrected chi connectivity index (χ2v) is 6.54. The molecule has 134 valence electrons. The first kappa shape index (κ1) is 17.5. The van der Waals surface area contributed by atoms with Crippen molar-refractivity contribution < 1.29 is 13.9 Å². The molecule has 1 aromatic carbocycles. The van der Waals surface area contributed by atoms with Crippen LogP contribution in [-0.4, -0.2) is 37.6 Å². The van der Waals surface area contributed by atoms with Gasteiger partial charge in [-0.25, -0.2) is 0 Å². The summed E-state index contributed by atoms with van der Waals surface area (Å²) in [7, 11) is 1.69. The molecule has 0 spiro atoms. The Morgan fingerprint density at radius 1 is 1.28 bits per heavy atom. The Bertz CT molecular complexity index is 732. The van der Waals surface area contributed by atoms with Gasteiger partial charge in [-0.2, -0.15) is 0 Å². The van der Waals surface area contributed by atoms with Crippen LogP contribution in [0.5, 0.6) is 5.75 Å². The largest absolute Gasteiger partial charge is 0.496 e. The van der Waals surface area contributed by atoms with E-state index in [4.69, 9.17) is 9.15 Å². The number of hydrogen-bond donors (Lipinski definition) is 1. The SMILES string of the molecule is COc1ccccc1C(CNC(=O)c1cc(C)oc1C)N1CCCC1. The molecule has 0 bridgehead atoms. The normalized spacial score (nSPS) is 16.0. The summed E-state index contributed by atoms with van der Waals surface area (Å²) in [5.41, 5.74) is 1.73. The third-order valence-electron chi connectivity index (χ3n) is 4.82. The van der Waals surface area contributed by atoms with E-state index in [1.165, 1.54) is 12.8 Å². The number of carbonyl (C=O) groups is 1. The van der Waals surface area contributed by atoms with E-state index in [1.807, 2.05) is 32.0 Å². The van der Waals surface area contributed by atoms with Crippen LogP contribution in [0.3, 0.4) is 0 Å². The average molecular weight is 342 g/mol. The van der Waals surface area contributed by atoms with Gasteiger partial charge in [-0.15, -0.1) is 0 Å². The molecule has 1 aromatic heterocycles. The number of nitrogens with zero attached hydrogens (tertiary/aromatic N) is 1. The summed E-state index contributed by atoms with van der Waals surface area (Å²) in [6.07, 6.45) is 2.39. The van der Waals surface area contributed by atoms with Crippen LogP contribution >= 0.6 is 0 Å². The molecule has 5 heteroatoms. The van der Waals surface area contributed by atoms with Gasteiger partial charge in [-0.05, 0) is 51.9 Å². The molecule has 1 unspecified atom stereocenters. The minimum atomic E-state index is -0.0894. The fraction of sp³-hybridized carbons (Fsp3) is 0.450. The first-order chi connectivity index (χ1) is 12.1. The summed E-state index contributed by atoms with van der Waals surface area (Å²) in [4.78, 5) is 15.0. The van der Waals surface area contributed by atoms with Gasteiger partial charge in [0.2, 0.25) is 0 Å². The number of amides is 1. The van der Waals surface area contributed by atoms with Crippen molar-refractivity contribution in [3.05, 3.63) is 53.0 Å². The number of likely N-dealkylation sites (tertiary alicyclic amines) is 1. The predicted octanol–water partition coefficient (Wildman–Crippen LogP) is 3.47. The van der Waals surface area contributed by atoms with Gasteiger partial charge in [0.1, 0.15) is 17.3 Å². The third-order valence-corrected chi connectivity index (χ3v) is 4.82. The average Bonchev–Trinajstić information content (AvgIpc) is 3.25. The Morgan fingerprint density at radius 2 is 2.00 bits per heavy atom. The summed E-state index contributed by atoms with van der Waals surface area (Å²) in [5.74, 6) is 2.19. The molecule has 1 aliphatic heterocycles. The van der Waals surface area contributed by atoms with Crippen molar-refractivity contribution in [2.75, 3.05) is 26.7 Å². The maximum Gasteiger partial charge on any atom is 0.254 e. The lowest BCUT2D eigenvalue weighted by Crippen LogP contribution is -2.37. The summed E-state index contributed by atoms with van der Waals surface area (Å²) in [6.45, 7) is 6.31. The van der Waals surface area contributed by atoms with Crippen LogP contribution in [-0.2, 0) is 0 Å². The highest BCUT2D eigenvalue weighted by atomic mass is 16.5. The lowest BCUT2D eigenvalue weighted by molar-refractivity contribution is 0.0936. The van der Waals surface area contributed by atoms with Crippen LogP contribution in [0.2, 0.25) is 0 Å². The van der Waals surface area contributed by atoms with Crippen molar-refractivity contribution in [3.63, 3.8) is 0 Å². The number of nitrogens with one attached hydrogen (secondary N) is 1. The molecule has 1 aliphatic rings. The van der Waals surface area contributed by atoms with E-state index in [2.05, 4.69) is 16.3 Å². The molecule has 0 aliphatic carbocycles. The van der Waals surface area contributed by atoms with Gasteiger partial charge in [0, 0.05) is 12.1 Å². The minimum Gasteiger partial charge on any atom is -0.496 e. The Hall–Kier alpha value is -2.27. The number of benzene rings is 1. The molecule has 2 heterocycles. The van der Waals surface area contributed by atoms with Crippen molar-refractivity contribution in [3.8, 4) is 5.75 Å². The van der Waals surface area contributed by atoms with E-state index in [-0.39, 0.29) is 11.9 Å². The zero-order chi connectivity index (χ0) is 17.8. The van der Waals surface area contributed by atoms with Crippen LogP contribution in [0, 0.1) is 13.8 Å². The van der Waals surface area contributed by atoms with E-state index < -0.39 is 0 Å². The highest BCUT2D eigenvalue weighted by Crippen LogP contribution is 2.31. The van der Waals surface area contributed by atoms with Crippen molar-refractivity contribution in [1.82, 2.24) is 10.2 Å². The molecule has 0 radical (unpaired) electrons. The van der Waals surface area contributed by atoms with E-state index in [0.717, 1.165) is 30.2 Å². The van der Waals surface area contributed by atoms with E-state index >= 15 is 0 Å². The number of rotatable bonds is 6. The van der Waals surface area contributed by atoms with Crippen LogP contribution in [0.15, 0.2) is 34.7 Å². The number of carbonyl (C=O) groups excluding carboxylic acids is 1. The quantitative estimate of drug-likeness (QED) is 0.873. The second-order valence-electron chi connectivity index (χ2n) is 6.54. The molecular weight excluding hydrogens is 316 g/mol. The summed E-state index contributed by atoms with van der Waals surface area (Å²) in [5, 5.41) is 3.08. The zero-order valence-electron chi connectivity index (χ0n) is 15.2. The molecule has 5 nitrogen and oxygen atoms in total. The Balaban J connectivity index is 1.78. The Morgan fingerprint density at radius 3 is 2.64 bits per heavy atom. The maximum atomic E-state index is 12.6.